The molecule has 0 saturated heterocycles. The zero-order valence-electron chi connectivity index (χ0n) is 14.2. The van der Waals surface area contributed by atoms with Crippen molar-refractivity contribution in [2.75, 3.05) is 0 Å². The summed E-state index contributed by atoms with van der Waals surface area (Å²) in [6, 6.07) is 18.6. The van der Waals surface area contributed by atoms with Gasteiger partial charge in [-0.15, -0.1) is 0 Å². The van der Waals surface area contributed by atoms with E-state index in [4.69, 9.17) is 0 Å². The molecule has 0 heterocycles. The molecule has 0 amide bonds. The molecule has 22 heavy (non-hydrogen) atoms. The van der Waals surface area contributed by atoms with E-state index >= 15 is 0 Å². The summed E-state index contributed by atoms with van der Waals surface area (Å²) in [7, 11) is -1.24. The van der Waals surface area contributed by atoms with Crippen LogP contribution < -0.4 is 5.19 Å². The molecule has 1 fully saturated rings. The highest BCUT2D eigenvalue weighted by molar-refractivity contribution is 6.88. The lowest BCUT2D eigenvalue weighted by Gasteiger charge is -2.22. The number of hydrogen-bond acceptors (Lipinski definition) is 0. The summed E-state index contributed by atoms with van der Waals surface area (Å²) in [5, 5.41) is 1.54. The van der Waals surface area contributed by atoms with Gasteiger partial charge in [0.05, 0.1) is 8.07 Å². The maximum atomic E-state index is 2.41. The molecule has 3 rings (SSSR count). The average molecular weight is 309 g/mol. The van der Waals surface area contributed by atoms with Gasteiger partial charge in [-0.25, -0.2) is 0 Å². The van der Waals surface area contributed by atoms with Gasteiger partial charge >= 0.3 is 0 Å². The molecule has 1 aliphatic carbocycles. The Bertz CT molecular complexity index is 613. The maximum Gasteiger partial charge on any atom is 0.0776 e. The topological polar surface area (TPSA) is 0 Å². The third kappa shape index (κ3) is 3.52. The molecule has 0 atom stereocenters. The van der Waals surface area contributed by atoms with Crippen molar-refractivity contribution in [3.05, 3.63) is 54.1 Å². The van der Waals surface area contributed by atoms with E-state index in [9.17, 15) is 0 Å². The third-order valence-electron chi connectivity index (χ3n) is 5.05. The molecule has 0 N–H and O–H groups in total. The predicted molar refractivity (Wildman–Crippen MR) is 101 cm³/mol. The number of hydrogen-bond donors (Lipinski definition) is 0. The standard InChI is InChI=1S/C21H28Si/c1-22(2,3)21-11-7-10-20(16-21)19-14-12-18(13-15-19)17-8-5-4-6-9-17/h7,10-17H,4-6,8-9H2,1-3H3. The summed E-state index contributed by atoms with van der Waals surface area (Å²) in [6.07, 6.45) is 7.00. The largest absolute Gasteiger partial charge is 0.0776 e. The van der Waals surface area contributed by atoms with Crippen molar-refractivity contribution < 1.29 is 0 Å². The van der Waals surface area contributed by atoms with Gasteiger partial charge in [-0.05, 0) is 35.4 Å². The molecule has 0 spiro atoms. The monoisotopic (exact) mass is 308 g/mol. The molecule has 2 aromatic rings. The Kier molecular flexibility index (Phi) is 4.53. The van der Waals surface area contributed by atoms with Crippen LogP contribution in [0.25, 0.3) is 11.1 Å². The van der Waals surface area contributed by atoms with E-state index in [0.29, 0.717) is 0 Å². The first-order valence-corrected chi connectivity index (χ1v) is 12.2. The SMILES string of the molecule is C[Si](C)(C)c1cccc(-c2ccc(C3CCCCC3)cc2)c1. The Morgan fingerprint density at radius 2 is 1.45 bits per heavy atom. The molecule has 0 aliphatic heterocycles. The Hall–Kier alpha value is -1.34. The van der Waals surface area contributed by atoms with Crippen LogP contribution >= 0.6 is 0 Å². The van der Waals surface area contributed by atoms with Gasteiger partial charge in [0.2, 0.25) is 0 Å². The fraction of sp³-hybridized carbons (Fsp3) is 0.429. The zero-order chi connectivity index (χ0) is 15.6. The summed E-state index contributed by atoms with van der Waals surface area (Å²) in [5.74, 6) is 0.802. The zero-order valence-corrected chi connectivity index (χ0v) is 15.2. The van der Waals surface area contributed by atoms with Crippen molar-refractivity contribution in [3.8, 4) is 11.1 Å². The van der Waals surface area contributed by atoms with Crippen LogP contribution in [0.15, 0.2) is 48.5 Å². The summed E-state index contributed by atoms with van der Waals surface area (Å²) in [5.41, 5.74) is 4.28. The maximum absolute atomic E-state index is 2.41. The Morgan fingerprint density at radius 3 is 2.09 bits per heavy atom. The van der Waals surface area contributed by atoms with Crippen LogP contribution in [-0.4, -0.2) is 8.07 Å². The van der Waals surface area contributed by atoms with E-state index in [2.05, 4.69) is 68.2 Å². The molecule has 0 unspecified atom stereocenters. The Morgan fingerprint density at radius 1 is 0.773 bits per heavy atom. The minimum absolute atomic E-state index is 0.802. The average Bonchev–Trinajstić information content (AvgIpc) is 2.55. The first kappa shape index (κ1) is 15.5. The lowest BCUT2D eigenvalue weighted by atomic mass is 9.84. The van der Waals surface area contributed by atoms with Gasteiger partial charge in [0.1, 0.15) is 0 Å². The van der Waals surface area contributed by atoms with Crippen LogP contribution in [0.3, 0.4) is 0 Å². The lowest BCUT2D eigenvalue weighted by molar-refractivity contribution is 0.443. The molecule has 2 aromatic carbocycles. The van der Waals surface area contributed by atoms with Gasteiger partial charge in [-0.2, -0.15) is 0 Å². The second kappa shape index (κ2) is 6.42. The first-order valence-electron chi connectivity index (χ1n) is 8.75. The van der Waals surface area contributed by atoms with Gasteiger partial charge in [-0.1, -0.05) is 92.6 Å². The Balaban J connectivity index is 1.83. The second-order valence-electron chi connectivity index (χ2n) is 7.79. The third-order valence-corrected chi connectivity index (χ3v) is 7.09. The van der Waals surface area contributed by atoms with Gasteiger partial charge < -0.3 is 0 Å². The van der Waals surface area contributed by atoms with Crippen LogP contribution in [-0.2, 0) is 0 Å². The van der Waals surface area contributed by atoms with Gasteiger partial charge in [0, 0.05) is 0 Å². The van der Waals surface area contributed by atoms with Crippen LogP contribution in [0, 0.1) is 0 Å². The second-order valence-corrected chi connectivity index (χ2v) is 12.9. The van der Waals surface area contributed by atoms with Crippen LogP contribution in [0.1, 0.15) is 43.6 Å². The van der Waals surface area contributed by atoms with E-state index in [-0.39, 0.29) is 0 Å². The number of benzene rings is 2. The van der Waals surface area contributed by atoms with Crippen molar-refractivity contribution >= 4 is 13.3 Å². The molecular weight excluding hydrogens is 280 g/mol. The van der Waals surface area contributed by atoms with Crippen LogP contribution in [0.4, 0.5) is 0 Å². The molecule has 0 bridgehead atoms. The summed E-state index contributed by atoms with van der Waals surface area (Å²) < 4.78 is 0. The molecule has 0 radical (unpaired) electrons. The smallest absolute Gasteiger partial charge is 0.0656 e. The van der Waals surface area contributed by atoms with E-state index in [1.54, 1.807) is 10.8 Å². The van der Waals surface area contributed by atoms with Crippen molar-refractivity contribution in [2.24, 2.45) is 0 Å². The van der Waals surface area contributed by atoms with E-state index in [1.165, 1.54) is 43.2 Å². The highest BCUT2D eigenvalue weighted by Crippen LogP contribution is 2.33. The minimum atomic E-state index is -1.24. The van der Waals surface area contributed by atoms with Crippen molar-refractivity contribution in [1.82, 2.24) is 0 Å². The minimum Gasteiger partial charge on any atom is -0.0656 e. The van der Waals surface area contributed by atoms with E-state index in [0.717, 1.165) is 5.92 Å². The molecule has 1 saturated carbocycles. The molecule has 0 aromatic heterocycles. The first-order chi connectivity index (χ1) is 10.5. The quantitative estimate of drug-likeness (QED) is 0.615. The summed E-state index contributed by atoms with van der Waals surface area (Å²) in [6.45, 7) is 7.24. The number of rotatable bonds is 3. The fourth-order valence-electron chi connectivity index (χ4n) is 3.55. The predicted octanol–water partition coefficient (Wildman–Crippen LogP) is 5.95. The van der Waals surface area contributed by atoms with Crippen molar-refractivity contribution in [3.63, 3.8) is 0 Å². The molecule has 1 aliphatic rings. The molecular formula is C21H28Si. The summed E-state index contributed by atoms with van der Waals surface area (Å²) in [4.78, 5) is 0. The van der Waals surface area contributed by atoms with Gasteiger partial charge in [-0.3, -0.25) is 0 Å². The fourth-order valence-corrected chi connectivity index (χ4v) is 4.73. The molecule has 1 heteroatoms. The van der Waals surface area contributed by atoms with E-state index < -0.39 is 8.07 Å². The highest BCUT2D eigenvalue weighted by atomic mass is 28.3. The van der Waals surface area contributed by atoms with Gasteiger partial charge in [0.15, 0.2) is 0 Å². The Labute approximate surface area is 136 Å². The van der Waals surface area contributed by atoms with Gasteiger partial charge in [0.25, 0.3) is 0 Å². The summed E-state index contributed by atoms with van der Waals surface area (Å²) >= 11 is 0. The van der Waals surface area contributed by atoms with Crippen molar-refractivity contribution in [1.29, 1.82) is 0 Å². The molecule has 116 valence electrons. The highest BCUT2D eigenvalue weighted by Gasteiger charge is 2.17. The van der Waals surface area contributed by atoms with Crippen LogP contribution in [0.2, 0.25) is 19.6 Å². The van der Waals surface area contributed by atoms with Crippen molar-refractivity contribution in [2.45, 2.75) is 57.7 Å². The lowest BCUT2D eigenvalue weighted by Crippen LogP contribution is -2.37. The molecule has 0 nitrogen and oxygen atoms in total. The van der Waals surface area contributed by atoms with Crippen LogP contribution in [0.5, 0.6) is 0 Å². The van der Waals surface area contributed by atoms with E-state index in [1.807, 2.05) is 0 Å². The normalized spacial score (nSPS) is 16.7.